The Bertz CT molecular complexity index is 423. The molecule has 1 aromatic rings. The van der Waals surface area contributed by atoms with Crippen molar-refractivity contribution in [1.29, 1.82) is 0 Å². The van der Waals surface area contributed by atoms with Crippen LogP contribution < -0.4 is 4.90 Å². The molecule has 19 heavy (non-hydrogen) atoms. The first kappa shape index (κ1) is 13.9. The molecule has 0 aromatic heterocycles. The summed E-state index contributed by atoms with van der Waals surface area (Å²) >= 11 is 0. The van der Waals surface area contributed by atoms with Gasteiger partial charge in [-0.15, -0.1) is 0 Å². The minimum atomic E-state index is 0.325. The highest BCUT2D eigenvalue weighted by molar-refractivity contribution is 5.76. The van der Waals surface area contributed by atoms with E-state index in [9.17, 15) is 4.79 Å². The first-order chi connectivity index (χ1) is 9.20. The highest BCUT2D eigenvalue weighted by Gasteiger charge is 2.20. The van der Waals surface area contributed by atoms with Gasteiger partial charge in [-0.05, 0) is 31.0 Å². The first-order valence-electron chi connectivity index (χ1n) is 7.30. The standard InChI is InChI=1S/C16H24N2O/c1-3-4-8-16(19)18-11-9-17(10-12-18)15-7-5-6-14(2)13-15/h5-7,13H,3-4,8-12H2,1-2H3. The summed E-state index contributed by atoms with van der Waals surface area (Å²) in [4.78, 5) is 16.3. The number of carbonyl (C=O) groups is 1. The average molecular weight is 260 g/mol. The maximum Gasteiger partial charge on any atom is 0.222 e. The van der Waals surface area contributed by atoms with E-state index in [0.717, 1.165) is 39.0 Å². The van der Waals surface area contributed by atoms with Crippen LogP contribution in [0.5, 0.6) is 0 Å². The van der Waals surface area contributed by atoms with Crippen LogP contribution in [0.15, 0.2) is 24.3 Å². The number of hydrogen-bond donors (Lipinski definition) is 0. The van der Waals surface area contributed by atoms with Gasteiger partial charge in [0.2, 0.25) is 5.91 Å². The monoisotopic (exact) mass is 260 g/mol. The molecule has 1 aliphatic rings. The van der Waals surface area contributed by atoms with Crippen molar-refractivity contribution in [1.82, 2.24) is 4.90 Å². The van der Waals surface area contributed by atoms with Gasteiger partial charge in [0, 0.05) is 38.3 Å². The molecule has 0 atom stereocenters. The van der Waals surface area contributed by atoms with Gasteiger partial charge in [0.1, 0.15) is 0 Å². The summed E-state index contributed by atoms with van der Waals surface area (Å²) in [6, 6.07) is 8.59. The number of amides is 1. The van der Waals surface area contributed by atoms with Gasteiger partial charge in [0.25, 0.3) is 0 Å². The number of unbranched alkanes of at least 4 members (excludes halogenated alkanes) is 1. The quantitative estimate of drug-likeness (QED) is 0.831. The number of hydrogen-bond acceptors (Lipinski definition) is 2. The molecule has 0 spiro atoms. The second kappa shape index (κ2) is 6.60. The molecule has 1 fully saturated rings. The number of benzene rings is 1. The average Bonchev–Trinajstić information content (AvgIpc) is 2.45. The zero-order valence-electron chi connectivity index (χ0n) is 12.1. The number of piperazine rings is 1. The van der Waals surface area contributed by atoms with E-state index in [2.05, 4.69) is 43.0 Å². The van der Waals surface area contributed by atoms with Crippen molar-refractivity contribution in [3.8, 4) is 0 Å². The molecule has 104 valence electrons. The summed E-state index contributed by atoms with van der Waals surface area (Å²) < 4.78 is 0. The molecule has 0 unspecified atom stereocenters. The third-order valence-electron chi connectivity index (χ3n) is 3.74. The van der Waals surface area contributed by atoms with Gasteiger partial charge in [-0.3, -0.25) is 4.79 Å². The molecular formula is C16H24N2O. The zero-order valence-corrected chi connectivity index (χ0v) is 12.1. The Balaban J connectivity index is 1.87. The molecule has 1 saturated heterocycles. The third kappa shape index (κ3) is 3.72. The maximum absolute atomic E-state index is 12.0. The number of anilines is 1. The molecular weight excluding hydrogens is 236 g/mol. The minimum absolute atomic E-state index is 0.325. The van der Waals surface area contributed by atoms with E-state index >= 15 is 0 Å². The summed E-state index contributed by atoms with van der Waals surface area (Å²) in [6.45, 7) is 7.85. The van der Waals surface area contributed by atoms with Crippen LogP contribution in [0.2, 0.25) is 0 Å². The molecule has 0 saturated carbocycles. The number of nitrogens with zero attached hydrogens (tertiary/aromatic N) is 2. The summed E-state index contributed by atoms with van der Waals surface area (Å²) in [5, 5.41) is 0. The van der Waals surface area contributed by atoms with E-state index < -0.39 is 0 Å². The van der Waals surface area contributed by atoms with E-state index in [1.165, 1.54) is 11.3 Å². The van der Waals surface area contributed by atoms with Crippen LogP contribution in [0.25, 0.3) is 0 Å². The van der Waals surface area contributed by atoms with Crippen LogP contribution >= 0.6 is 0 Å². The highest BCUT2D eigenvalue weighted by Crippen LogP contribution is 2.18. The largest absolute Gasteiger partial charge is 0.368 e. The van der Waals surface area contributed by atoms with Crippen molar-refractivity contribution < 1.29 is 4.79 Å². The van der Waals surface area contributed by atoms with Gasteiger partial charge >= 0.3 is 0 Å². The van der Waals surface area contributed by atoms with E-state index in [4.69, 9.17) is 0 Å². The van der Waals surface area contributed by atoms with Crippen molar-refractivity contribution in [3.63, 3.8) is 0 Å². The number of aryl methyl sites for hydroxylation is 1. The van der Waals surface area contributed by atoms with Crippen molar-refractivity contribution in [2.45, 2.75) is 33.1 Å². The lowest BCUT2D eigenvalue weighted by Gasteiger charge is -2.36. The molecule has 0 aliphatic carbocycles. The Labute approximate surface area is 116 Å². The Morgan fingerprint density at radius 1 is 1.21 bits per heavy atom. The predicted octanol–water partition coefficient (Wildman–Crippen LogP) is 2.83. The second-order valence-corrected chi connectivity index (χ2v) is 5.31. The fraction of sp³-hybridized carbons (Fsp3) is 0.562. The topological polar surface area (TPSA) is 23.6 Å². The Hall–Kier alpha value is -1.51. The SMILES string of the molecule is CCCCC(=O)N1CCN(c2cccc(C)c2)CC1. The molecule has 0 bridgehead atoms. The van der Waals surface area contributed by atoms with Gasteiger partial charge in [0.15, 0.2) is 0 Å². The van der Waals surface area contributed by atoms with Crippen LogP contribution in [0.3, 0.4) is 0 Å². The minimum Gasteiger partial charge on any atom is -0.368 e. The zero-order chi connectivity index (χ0) is 13.7. The van der Waals surface area contributed by atoms with E-state index in [1.807, 2.05) is 4.90 Å². The Morgan fingerprint density at radius 2 is 1.95 bits per heavy atom. The van der Waals surface area contributed by atoms with Gasteiger partial charge in [-0.1, -0.05) is 25.5 Å². The van der Waals surface area contributed by atoms with E-state index in [1.54, 1.807) is 0 Å². The Morgan fingerprint density at radius 3 is 2.58 bits per heavy atom. The van der Waals surface area contributed by atoms with Crippen molar-refractivity contribution in [2.24, 2.45) is 0 Å². The summed E-state index contributed by atoms with van der Waals surface area (Å²) in [5.41, 5.74) is 2.57. The smallest absolute Gasteiger partial charge is 0.222 e. The third-order valence-corrected chi connectivity index (χ3v) is 3.74. The van der Waals surface area contributed by atoms with E-state index in [0.29, 0.717) is 12.3 Å². The maximum atomic E-state index is 12.0. The lowest BCUT2D eigenvalue weighted by molar-refractivity contribution is -0.131. The fourth-order valence-electron chi connectivity index (χ4n) is 2.52. The summed E-state index contributed by atoms with van der Waals surface area (Å²) in [5.74, 6) is 0.325. The van der Waals surface area contributed by atoms with Crippen molar-refractivity contribution in [3.05, 3.63) is 29.8 Å². The summed E-state index contributed by atoms with van der Waals surface area (Å²) in [6.07, 6.45) is 2.81. The molecule has 1 aliphatic heterocycles. The second-order valence-electron chi connectivity index (χ2n) is 5.31. The summed E-state index contributed by atoms with van der Waals surface area (Å²) in [7, 11) is 0. The molecule has 2 rings (SSSR count). The normalized spacial score (nSPS) is 15.7. The highest BCUT2D eigenvalue weighted by atomic mass is 16.2. The van der Waals surface area contributed by atoms with Crippen molar-refractivity contribution >= 4 is 11.6 Å². The van der Waals surface area contributed by atoms with Gasteiger partial charge in [-0.25, -0.2) is 0 Å². The molecule has 3 heteroatoms. The lowest BCUT2D eigenvalue weighted by Crippen LogP contribution is -2.48. The molecule has 1 aromatic carbocycles. The predicted molar refractivity (Wildman–Crippen MR) is 79.5 cm³/mol. The molecule has 3 nitrogen and oxygen atoms in total. The van der Waals surface area contributed by atoms with E-state index in [-0.39, 0.29) is 0 Å². The fourth-order valence-corrected chi connectivity index (χ4v) is 2.52. The molecule has 0 N–H and O–H groups in total. The van der Waals surface area contributed by atoms with Crippen LogP contribution in [0, 0.1) is 6.92 Å². The Kier molecular flexibility index (Phi) is 4.83. The van der Waals surface area contributed by atoms with Crippen LogP contribution in [0.1, 0.15) is 31.7 Å². The number of carbonyl (C=O) groups excluding carboxylic acids is 1. The van der Waals surface area contributed by atoms with Crippen molar-refractivity contribution in [2.75, 3.05) is 31.1 Å². The number of rotatable bonds is 4. The molecule has 1 heterocycles. The van der Waals surface area contributed by atoms with Crippen LogP contribution in [-0.4, -0.2) is 37.0 Å². The molecule has 1 amide bonds. The van der Waals surface area contributed by atoms with Crippen LogP contribution in [0.4, 0.5) is 5.69 Å². The van der Waals surface area contributed by atoms with Gasteiger partial charge in [-0.2, -0.15) is 0 Å². The van der Waals surface area contributed by atoms with Gasteiger partial charge < -0.3 is 9.80 Å². The van der Waals surface area contributed by atoms with Gasteiger partial charge in [0.05, 0.1) is 0 Å². The first-order valence-corrected chi connectivity index (χ1v) is 7.30. The van der Waals surface area contributed by atoms with Crippen LogP contribution in [-0.2, 0) is 4.79 Å². The lowest BCUT2D eigenvalue weighted by atomic mass is 10.1. The molecule has 0 radical (unpaired) electrons.